The van der Waals surface area contributed by atoms with Crippen molar-refractivity contribution >= 4 is 0 Å². The average Bonchev–Trinajstić information content (AvgIpc) is 2.72. The number of nitrogens with one attached hydrogen (secondary N) is 1. The number of nitrogens with zero attached hydrogens (tertiary/aromatic N) is 1. The normalized spacial score (nSPS) is 12.9. The van der Waals surface area contributed by atoms with Gasteiger partial charge in [0.25, 0.3) is 0 Å². The molecule has 5 nitrogen and oxygen atoms in total. The van der Waals surface area contributed by atoms with Gasteiger partial charge in [0.05, 0.1) is 18.4 Å². The molecule has 0 amide bonds. The summed E-state index contributed by atoms with van der Waals surface area (Å²) in [7, 11) is 1.66. The molecule has 5 heteroatoms. The molecule has 1 N–H and O–H groups in total. The van der Waals surface area contributed by atoms with Crippen molar-refractivity contribution in [2.45, 2.75) is 33.1 Å². The number of ether oxygens (including phenoxy) is 2. The van der Waals surface area contributed by atoms with Crippen molar-refractivity contribution in [1.29, 1.82) is 0 Å². The molecule has 1 unspecified atom stereocenters. The van der Waals surface area contributed by atoms with E-state index >= 15 is 0 Å². The molecule has 1 aromatic heterocycles. The predicted molar refractivity (Wildman–Crippen MR) is 60.0 cm³/mol. The average molecular weight is 228 g/mol. The summed E-state index contributed by atoms with van der Waals surface area (Å²) in [4.78, 5) is 0. The zero-order valence-corrected chi connectivity index (χ0v) is 10.2. The van der Waals surface area contributed by atoms with E-state index in [9.17, 15) is 0 Å². The molecule has 0 aromatic carbocycles. The van der Waals surface area contributed by atoms with Crippen LogP contribution >= 0.6 is 0 Å². The van der Waals surface area contributed by atoms with E-state index in [2.05, 4.69) is 17.4 Å². The number of methoxy groups -OCH3 is 1. The lowest BCUT2D eigenvalue weighted by Gasteiger charge is -2.09. The highest BCUT2D eigenvalue weighted by Crippen LogP contribution is 2.06. The van der Waals surface area contributed by atoms with E-state index in [1.807, 2.05) is 13.0 Å². The Kier molecular flexibility index (Phi) is 6.07. The molecule has 0 aliphatic rings. The fourth-order valence-electron chi connectivity index (χ4n) is 1.27. The molecule has 92 valence electrons. The molecular weight excluding hydrogens is 208 g/mol. The van der Waals surface area contributed by atoms with Crippen LogP contribution in [0.25, 0.3) is 0 Å². The fourth-order valence-corrected chi connectivity index (χ4v) is 1.27. The maximum atomic E-state index is 5.51. The molecule has 0 saturated heterocycles. The Morgan fingerprint density at radius 1 is 1.56 bits per heavy atom. The van der Waals surface area contributed by atoms with E-state index in [0.29, 0.717) is 13.2 Å². The molecule has 1 rings (SSSR count). The van der Waals surface area contributed by atoms with Crippen molar-refractivity contribution in [2.75, 3.05) is 20.3 Å². The van der Waals surface area contributed by atoms with Crippen LogP contribution < -0.4 is 5.32 Å². The van der Waals surface area contributed by atoms with Crippen LogP contribution in [0.4, 0.5) is 0 Å². The highest BCUT2D eigenvalue weighted by atomic mass is 16.5. The van der Waals surface area contributed by atoms with E-state index in [-0.39, 0.29) is 6.10 Å². The van der Waals surface area contributed by atoms with Crippen LogP contribution in [0, 0.1) is 0 Å². The first kappa shape index (κ1) is 13.2. The van der Waals surface area contributed by atoms with E-state index in [1.165, 1.54) is 0 Å². The summed E-state index contributed by atoms with van der Waals surface area (Å²) in [6.07, 6.45) is 0.0623. The zero-order chi connectivity index (χ0) is 11.8. The lowest BCUT2D eigenvalue weighted by molar-refractivity contribution is -0.00792. The smallest absolute Gasteiger partial charge is 0.162 e. The molecule has 16 heavy (non-hydrogen) atoms. The van der Waals surface area contributed by atoms with Crippen molar-refractivity contribution in [3.63, 3.8) is 0 Å². The van der Waals surface area contributed by atoms with Crippen molar-refractivity contribution in [2.24, 2.45) is 0 Å². The molecule has 1 aromatic rings. The molecule has 0 spiro atoms. The second-order valence-electron chi connectivity index (χ2n) is 3.64. The summed E-state index contributed by atoms with van der Waals surface area (Å²) < 4.78 is 15.6. The van der Waals surface area contributed by atoms with Gasteiger partial charge in [0.1, 0.15) is 6.61 Å². The minimum Gasteiger partial charge on any atom is -0.382 e. The largest absolute Gasteiger partial charge is 0.382 e. The topological polar surface area (TPSA) is 56.5 Å². The number of aromatic nitrogens is 1. The van der Waals surface area contributed by atoms with Gasteiger partial charge < -0.3 is 19.3 Å². The Morgan fingerprint density at radius 2 is 2.38 bits per heavy atom. The lowest BCUT2D eigenvalue weighted by Crippen LogP contribution is -2.14. The number of rotatable bonds is 8. The van der Waals surface area contributed by atoms with E-state index in [0.717, 1.165) is 24.5 Å². The molecule has 0 bridgehead atoms. The molecule has 0 saturated carbocycles. The summed E-state index contributed by atoms with van der Waals surface area (Å²) in [5.41, 5.74) is 0.903. The third kappa shape index (κ3) is 4.74. The first-order valence-corrected chi connectivity index (χ1v) is 5.52. The Hall–Kier alpha value is -0.910. The Morgan fingerprint density at radius 3 is 3.06 bits per heavy atom. The van der Waals surface area contributed by atoms with Crippen LogP contribution in [0.15, 0.2) is 10.6 Å². The van der Waals surface area contributed by atoms with Gasteiger partial charge in [0.2, 0.25) is 0 Å². The molecule has 1 atom stereocenters. The first-order valence-electron chi connectivity index (χ1n) is 5.52. The fraction of sp³-hybridized carbons (Fsp3) is 0.727. The highest BCUT2D eigenvalue weighted by molar-refractivity contribution is 5.04. The van der Waals surface area contributed by atoms with Gasteiger partial charge in [0.15, 0.2) is 5.76 Å². The Labute approximate surface area is 96.1 Å². The van der Waals surface area contributed by atoms with Gasteiger partial charge in [-0.25, -0.2) is 0 Å². The third-order valence-electron chi connectivity index (χ3n) is 2.08. The van der Waals surface area contributed by atoms with Crippen molar-refractivity contribution < 1.29 is 14.0 Å². The van der Waals surface area contributed by atoms with Gasteiger partial charge in [-0.2, -0.15) is 0 Å². The van der Waals surface area contributed by atoms with Crippen molar-refractivity contribution in [1.82, 2.24) is 10.5 Å². The number of hydrogen-bond acceptors (Lipinski definition) is 5. The van der Waals surface area contributed by atoms with Crippen LogP contribution in [0.3, 0.4) is 0 Å². The highest BCUT2D eigenvalue weighted by Gasteiger charge is 2.06. The van der Waals surface area contributed by atoms with Gasteiger partial charge in [0, 0.05) is 19.7 Å². The summed E-state index contributed by atoms with van der Waals surface area (Å²) in [5, 5.41) is 7.11. The maximum absolute atomic E-state index is 5.51. The number of hydrogen-bond donors (Lipinski definition) is 1. The van der Waals surface area contributed by atoms with Crippen molar-refractivity contribution in [3.05, 3.63) is 17.5 Å². The summed E-state index contributed by atoms with van der Waals surface area (Å²) in [6, 6.07) is 1.90. The van der Waals surface area contributed by atoms with Gasteiger partial charge >= 0.3 is 0 Å². The third-order valence-corrected chi connectivity index (χ3v) is 2.08. The standard InChI is InChI=1S/C11H20N2O3/c1-4-12-6-10-5-11(16-13-10)8-15-9(2)7-14-3/h5,9,12H,4,6-8H2,1-3H3. The molecule has 0 aliphatic heterocycles. The van der Waals surface area contributed by atoms with Crippen LogP contribution in [-0.4, -0.2) is 31.5 Å². The van der Waals surface area contributed by atoms with Crippen LogP contribution in [0.1, 0.15) is 25.3 Å². The summed E-state index contributed by atoms with van der Waals surface area (Å²) in [5.74, 6) is 0.746. The van der Waals surface area contributed by atoms with Gasteiger partial charge in [-0.05, 0) is 13.5 Å². The van der Waals surface area contributed by atoms with Gasteiger partial charge in [-0.3, -0.25) is 0 Å². The maximum Gasteiger partial charge on any atom is 0.162 e. The minimum absolute atomic E-state index is 0.0623. The first-order chi connectivity index (χ1) is 7.76. The van der Waals surface area contributed by atoms with E-state index in [1.54, 1.807) is 7.11 Å². The van der Waals surface area contributed by atoms with Gasteiger partial charge in [-0.1, -0.05) is 12.1 Å². The second-order valence-corrected chi connectivity index (χ2v) is 3.64. The van der Waals surface area contributed by atoms with Crippen LogP contribution in [0.2, 0.25) is 0 Å². The zero-order valence-electron chi connectivity index (χ0n) is 10.2. The monoisotopic (exact) mass is 228 g/mol. The summed E-state index contributed by atoms with van der Waals surface area (Å²) >= 11 is 0. The van der Waals surface area contributed by atoms with Crippen molar-refractivity contribution in [3.8, 4) is 0 Å². The molecule has 1 heterocycles. The molecule has 0 fully saturated rings. The summed E-state index contributed by atoms with van der Waals surface area (Å²) in [6.45, 7) is 6.68. The minimum atomic E-state index is 0.0623. The van der Waals surface area contributed by atoms with Crippen LogP contribution in [0.5, 0.6) is 0 Å². The van der Waals surface area contributed by atoms with E-state index < -0.39 is 0 Å². The molecule has 0 radical (unpaired) electrons. The lowest BCUT2D eigenvalue weighted by atomic mass is 10.3. The SMILES string of the molecule is CCNCc1cc(COC(C)COC)on1. The Bertz CT molecular complexity index is 289. The second kappa shape index (κ2) is 7.38. The molecular formula is C11H20N2O3. The Balaban J connectivity index is 2.28. The van der Waals surface area contributed by atoms with Gasteiger partial charge in [-0.15, -0.1) is 0 Å². The molecule has 0 aliphatic carbocycles. The quantitative estimate of drug-likeness (QED) is 0.727. The predicted octanol–water partition coefficient (Wildman–Crippen LogP) is 1.34. The van der Waals surface area contributed by atoms with Crippen LogP contribution in [-0.2, 0) is 22.6 Å². The van der Waals surface area contributed by atoms with E-state index in [4.69, 9.17) is 14.0 Å².